The zero-order valence-electron chi connectivity index (χ0n) is 13.0. The van der Waals surface area contributed by atoms with Crippen LogP contribution in [-0.2, 0) is 17.9 Å². The van der Waals surface area contributed by atoms with E-state index >= 15 is 0 Å². The number of hydrogen-bond acceptors (Lipinski definition) is 5. The minimum Gasteiger partial charge on any atom is -0.494 e. The molecule has 0 saturated heterocycles. The van der Waals surface area contributed by atoms with Gasteiger partial charge in [0, 0.05) is 13.7 Å². The standard InChI is InChI=1S/C16H20N4O2/c1-13-6-5-7-14(10-13)22-9-4-3-8-20-16(12-21-2)15(11-17)18-19-20/h5-7,10H,3-4,8-9,12H2,1-2H3. The highest BCUT2D eigenvalue weighted by Crippen LogP contribution is 2.13. The van der Waals surface area contributed by atoms with Gasteiger partial charge in [0.2, 0.25) is 0 Å². The van der Waals surface area contributed by atoms with E-state index in [0.717, 1.165) is 24.3 Å². The predicted octanol–water partition coefficient (Wildman–Crippen LogP) is 2.46. The largest absolute Gasteiger partial charge is 0.494 e. The van der Waals surface area contributed by atoms with Crippen LogP contribution in [0.1, 0.15) is 29.8 Å². The number of hydrogen-bond donors (Lipinski definition) is 0. The van der Waals surface area contributed by atoms with Crippen LogP contribution in [0.5, 0.6) is 5.75 Å². The van der Waals surface area contributed by atoms with Crippen LogP contribution in [0.3, 0.4) is 0 Å². The first-order valence-electron chi connectivity index (χ1n) is 7.25. The van der Waals surface area contributed by atoms with Crippen LogP contribution in [0.25, 0.3) is 0 Å². The number of ether oxygens (including phenoxy) is 2. The maximum Gasteiger partial charge on any atom is 0.188 e. The third-order valence-electron chi connectivity index (χ3n) is 3.25. The molecule has 0 atom stereocenters. The molecule has 0 spiro atoms. The average Bonchev–Trinajstić information content (AvgIpc) is 2.90. The van der Waals surface area contributed by atoms with Gasteiger partial charge in [-0.3, -0.25) is 0 Å². The fourth-order valence-electron chi connectivity index (χ4n) is 2.14. The number of benzene rings is 1. The van der Waals surface area contributed by atoms with Crippen molar-refractivity contribution in [1.82, 2.24) is 15.0 Å². The Morgan fingerprint density at radius 3 is 2.91 bits per heavy atom. The fraction of sp³-hybridized carbons (Fsp3) is 0.438. The molecule has 6 heteroatoms. The van der Waals surface area contributed by atoms with Crippen molar-refractivity contribution in [2.45, 2.75) is 32.9 Å². The molecule has 1 heterocycles. The summed E-state index contributed by atoms with van der Waals surface area (Å²) in [7, 11) is 1.59. The monoisotopic (exact) mass is 300 g/mol. The first-order chi connectivity index (χ1) is 10.7. The maximum atomic E-state index is 8.98. The third kappa shape index (κ3) is 4.30. The Morgan fingerprint density at radius 1 is 1.32 bits per heavy atom. The molecule has 0 bridgehead atoms. The Kier molecular flexibility index (Phi) is 5.92. The summed E-state index contributed by atoms with van der Waals surface area (Å²) in [5.41, 5.74) is 2.25. The molecule has 0 fully saturated rings. The first kappa shape index (κ1) is 16.0. The van der Waals surface area contributed by atoms with E-state index in [4.69, 9.17) is 14.7 Å². The van der Waals surface area contributed by atoms with Gasteiger partial charge >= 0.3 is 0 Å². The van der Waals surface area contributed by atoms with Gasteiger partial charge in [-0.15, -0.1) is 5.10 Å². The second-order valence-corrected chi connectivity index (χ2v) is 5.02. The first-order valence-corrected chi connectivity index (χ1v) is 7.25. The molecule has 0 aliphatic heterocycles. The summed E-state index contributed by atoms with van der Waals surface area (Å²) in [6, 6.07) is 10.0. The number of aromatic nitrogens is 3. The summed E-state index contributed by atoms with van der Waals surface area (Å²) in [4.78, 5) is 0. The quantitative estimate of drug-likeness (QED) is 0.700. The molecule has 0 N–H and O–H groups in total. The summed E-state index contributed by atoms with van der Waals surface area (Å²) in [6.45, 7) is 3.74. The van der Waals surface area contributed by atoms with Crippen molar-refractivity contribution in [1.29, 1.82) is 5.26 Å². The van der Waals surface area contributed by atoms with E-state index < -0.39 is 0 Å². The number of nitrogens with zero attached hydrogens (tertiary/aromatic N) is 4. The van der Waals surface area contributed by atoms with E-state index in [1.807, 2.05) is 37.3 Å². The molecule has 116 valence electrons. The van der Waals surface area contributed by atoms with Gasteiger partial charge in [-0.25, -0.2) is 4.68 Å². The lowest BCUT2D eigenvalue weighted by Crippen LogP contribution is -2.08. The zero-order valence-corrected chi connectivity index (χ0v) is 13.0. The fourth-order valence-corrected chi connectivity index (χ4v) is 2.14. The summed E-state index contributed by atoms with van der Waals surface area (Å²) in [5, 5.41) is 16.8. The molecule has 1 aromatic carbocycles. The zero-order chi connectivity index (χ0) is 15.8. The lowest BCUT2D eigenvalue weighted by molar-refractivity contribution is 0.175. The Morgan fingerprint density at radius 2 is 2.18 bits per heavy atom. The molecule has 22 heavy (non-hydrogen) atoms. The second-order valence-electron chi connectivity index (χ2n) is 5.02. The Bertz CT molecular complexity index is 646. The van der Waals surface area contributed by atoms with E-state index in [1.165, 1.54) is 5.56 Å². The number of unbranched alkanes of at least 4 members (excludes halogenated alkanes) is 1. The molecular formula is C16H20N4O2. The number of aryl methyl sites for hydroxylation is 2. The summed E-state index contributed by atoms with van der Waals surface area (Å²) in [5.74, 6) is 0.896. The molecule has 2 aromatic rings. The molecule has 0 amide bonds. The number of rotatable bonds is 8. The van der Waals surface area contributed by atoms with Gasteiger partial charge in [0.05, 0.1) is 13.2 Å². The van der Waals surface area contributed by atoms with Gasteiger partial charge in [-0.2, -0.15) is 5.26 Å². The topological polar surface area (TPSA) is 73.0 Å². The predicted molar refractivity (Wildman–Crippen MR) is 81.4 cm³/mol. The van der Waals surface area contributed by atoms with E-state index in [1.54, 1.807) is 11.8 Å². The lowest BCUT2D eigenvalue weighted by Gasteiger charge is -2.08. The smallest absolute Gasteiger partial charge is 0.188 e. The highest BCUT2D eigenvalue weighted by molar-refractivity contribution is 5.27. The molecule has 0 saturated carbocycles. The van der Waals surface area contributed by atoms with Gasteiger partial charge in [0.1, 0.15) is 17.5 Å². The van der Waals surface area contributed by atoms with E-state index in [0.29, 0.717) is 25.5 Å². The van der Waals surface area contributed by atoms with Crippen molar-refractivity contribution in [3.63, 3.8) is 0 Å². The molecule has 1 aromatic heterocycles. The van der Waals surface area contributed by atoms with Gasteiger partial charge in [0.25, 0.3) is 0 Å². The van der Waals surface area contributed by atoms with Gasteiger partial charge in [-0.1, -0.05) is 17.3 Å². The number of methoxy groups -OCH3 is 1. The van der Waals surface area contributed by atoms with Crippen molar-refractivity contribution < 1.29 is 9.47 Å². The van der Waals surface area contributed by atoms with Crippen LogP contribution >= 0.6 is 0 Å². The lowest BCUT2D eigenvalue weighted by atomic mass is 10.2. The van der Waals surface area contributed by atoms with Crippen LogP contribution < -0.4 is 4.74 Å². The van der Waals surface area contributed by atoms with E-state index in [-0.39, 0.29) is 0 Å². The highest BCUT2D eigenvalue weighted by Gasteiger charge is 2.11. The van der Waals surface area contributed by atoms with Gasteiger partial charge in [0.15, 0.2) is 5.69 Å². The van der Waals surface area contributed by atoms with Crippen molar-refractivity contribution >= 4 is 0 Å². The van der Waals surface area contributed by atoms with Crippen LogP contribution in [0.4, 0.5) is 0 Å². The van der Waals surface area contributed by atoms with Crippen LogP contribution in [0, 0.1) is 18.3 Å². The van der Waals surface area contributed by atoms with Crippen molar-refractivity contribution in [3.05, 3.63) is 41.2 Å². The average molecular weight is 300 g/mol. The van der Waals surface area contributed by atoms with Crippen LogP contribution in [0.15, 0.2) is 24.3 Å². The third-order valence-corrected chi connectivity index (χ3v) is 3.25. The van der Waals surface area contributed by atoms with Gasteiger partial charge in [-0.05, 0) is 37.5 Å². The maximum absolute atomic E-state index is 8.98. The molecule has 0 unspecified atom stereocenters. The highest BCUT2D eigenvalue weighted by atomic mass is 16.5. The Labute approximate surface area is 130 Å². The van der Waals surface area contributed by atoms with Crippen LogP contribution in [-0.4, -0.2) is 28.7 Å². The Balaban J connectivity index is 1.77. The second kappa shape index (κ2) is 8.15. The molecular weight excluding hydrogens is 280 g/mol. The SMILES string of the molecule is COCc1c(C#N)nnn1CCCCOc1cccc(C)c1. The van der Waals surface area contributed by atoms with Crippen molar-refractivity contribution in [2.24, 2.45) is 0 Å². The Hall–Kier alpha value is -2.39. The summed E-state index contributed by atoms with van der Waals surface area (Å²) in [6.07, 6.45) is 1.80. The normalized spacial score (nSPS) is 10.4. The molecule has 2 rings (SSSR count). The van der Waals surface area contributed by atoms with Crippen molar-refractivity contribution in [2.75, 3.05) is 13.7 Å². The van der Waals surface area contributed by atoms with E-state index in [2.05, 4.69) is 10.3 Å². The van der Waals surface area contributed by atoms with E-state index in [9.17, 15) is 0 Å². The summed E-state index contributed by atoms with van der Waals surface area (Å²) < 4.78 is 12.5. The molecule has 6 nitrogen and oxygen atoms in total. The molecule has 0 aliphatic carbocycles. The van der Waals surface area contributed by atoms with Crippen LogP contribution in [0.2, 0.25) is 0 Å². The number of nitriles is 1. The van der Waals surface area contributed by atoms with Gasteiger partial charge < -0.3 is 9.47 Å². The molecule has 0 radical (unpaired) electrons. The molecule has 0 aliphatic rings. The minimum absolute atomic E-state index is 0.331. The summed E-state index contributed by atoms with van der Waals surface area (Å²) >= 11 is 0. The minimum atomic E-state index is 0.331. The van der Waals surface area contributed by atoms with Crippen molar-refractivity contribution in [3.8, 4) is 11.8 Å².